The van der Waals surface area contributed by atoms with E-state index in [-0.39, 0.29) is 5.12 Å². The minimum atomic E-state index is 0.158. The van der Waals surface area contributed by atoms with Crippen LogP contribution in [0.4, 0.5) is 0 Å². The summed E-state index contributed by atoms with van der Waals surface area (Å²) in [5.74, 6) is 0.726. The van der Waals surface area contributed by atoms with E-state index in [4.69, 9.17) is 0 Å². The van der Waals surface area contributed by atoms with Gasteiger partial charge in [0.25, 0.3) is 0 Å². The molecule has 0 atom stereocenters. The Hall–Kier alpha value is -2.00. The molecule has 0 saturated carbocycles. The van der Waals surface area contributed by atoms with Crippen LogP contribution in [0.1, 0.15) is 19.4 Å². The molecule has 0 radical (unpaired) electrons. The van der Waals surface area contributed by atoms with E-state index >= 15 is 0 Å². The first-order chi connectivity index (χ1) is 10.7. The Bertz CT molecular complexity index is 860. The summed E-state index contributed by atoms with van der Waals surface area (Å²) in [7, 11) is 0. The summed E-state index contributed by atoms with van der Waals surface area (Å²) >= 11 is 1.33. The number of carbonyl (C=O) groups is 1. The molecule has 22 heavy (non-hydrogen) atoms. The van der Waals surface area contributed by atoms with E-state index in [2.05, 4.69) is 60.0 Å². The number of aryl methyl sites for hydroxylation is 1. The Kier molecular flexibility index (Phi) is 4.34. The molecule has 0 aliphatic heterocycles. The maximum atomic E-state index is 10.9. The highest BCUT2D eigenvalue weighted by Crippen LogP contribution is 2.29. The number of carbonyl (C=O) groups excluding carboxylic acids is 1. The summed E-state index contributed by atoms with van der Waals surface area (Å²) in [6.07, 6.45) is 4.14. The van der Waals surface area contributed by atoms with Crippen molar-refractivity contribution in [2.24, 2.45) is 0 Å². The number of benzene rings is 2. The van der Waals surface area contributed by atoms with Crippen molar-refractivity contribution in [3.63, 3.8) is 0 Å². The highest BCUT2D eigenvalue weighted by Gasteiger charge is 2.08. The van der Waals surface area contributed by atoms with Gasteiger partial charge in [-0.25, -0.2) is 0 Å². The zero-order valence-corrected chi connectivity index (χ0v) is 13.7. The third-order valence-corrected chi connectivity index (χ3v) is 4.57. The number of rotatable bonds is 4. The lowest BCUT2D eigenvalue weighted by Crippen LogP contribution is -1.92. The molecule has 1 heterocycles. The predicted octanol–water partition coefficient (Wildman–Crippen LogP) is 5.11. The van der Waals surface area contributed by atoms with Crippen LogP contribution in [0.3, 0.4) is 0 Å². The van der Waals surface area contributed by atoms with Crippen LogP contribution in [0, 0.1) is 0 Å². The summed E-state index contributed by atoms with van der Waals surface area (Å²) in [5.41, 5.74) is 3.74. The van der Waals surface area contributed by atoms with Gasteiger partial charge in [0, 0.05) is 41.0 Å². The highest BCUT2D eigenvalue weighted by molar-refractivity contribution is 8.13. The summed E-state index contributed by atoms with van der Waals surface area (Å²) in [6.45, 7) is 4.75. The van der Waals surface area contributed by atoms with Gasteiger partial charge in [0.05, 0.1) is 0 Å². The van der Waals surface area contributed by atoms with Gasteiger partial charge in [-0.1, -0.05) is 48.2 Å². The van der Waals surface area contributed by atoms with Crippen LogP contribution < -0.4 is 0 Å². The van der Waals surface area contributed by atoms with Crippen LogP contribution in [0.25, 0.3) is 27.9 Å². The maximum absolute atomic E-state index is 10.9. The number of fused-ring (bicyclic) bond motifs is 3. The quantitative estimate of drug-likeness (QED) is 0.668. The number of nitrogens with zero attached hydrogens (tertiary/aromatic N) is 1. The lowest BCUT2D eigenvalue weighted by molar-refractivity contribution is -0.109. The fourth-order valence-corrected chi connectivity index (χ4v) is 3.29. The molecule has 0 bridgehead atoms. The maximum Gasteiger partial charge on any atom is 0.186 e. The van der Waals surface area contributed by atoms with Crippen molar-refractivity contribution in [1.29, 1.82) is 0 Å². The third-order valence-electron chi connectivity index (χ3n) is 3.81. The molecule has 2 nitrogen and oxygen atoms in total. The van der Waals surface area contributed by atoms with E-state index in [9.17, 15) is 4.79 Å². The molecule has 3 aromatic rings. The lowest BCUT2D eigenvalue weighted by atomic mass is 10.1. The predicted molar refractivity (Wildman–Crippen MR) is 97.3 cm³/mol. The second kappa shape index (κ2) is 6.41. The highest BCUT2D eigenvalue weighted by atomic mass is 32.2. The molecule has 1 aromatic heterocycles. The van der Waals surface area contributed by atoms with Gasteiger partial charge in [0.2, 0.25) is 0 Å². The fraction of sp³-hybridized carbons (Fsp3) is 0.211. The van der Waals surface area contributed by atoms with Gasteiger partial charge in [-0.05, 0) is 30.7 Å². The van der Waals surface area contributed by atoms with Gasteiger partial charge in [0.15, 0.2) is 5.12 Å². The molecule has 0 aliphatic carbocycles. The first-order valence-electron chi connectivity index (χ1n) is 7.51. The number of hydrogen-bond acceptors (Lipinski definition) is 2. The average molecular weight is 309 g/mol. The molecule has 0 fully saturated rings. The Morgan fingerprint density at radius 2 is 1.91 bits per heavy atom. The Morgan fingerprint density at radius 3 is 2.68 bits per heavy atom. The first kappa shape index (κ1) is 14.9. The van der Waals surface area contributed by atoms with Crippen molar-refractivity contribution in [2.45, 2.75) is 20.4 Å². The van der Waals surface area contributed by atoms with Crippen molar-refractivity contribution in [1.82, 2.24) is 4.57 Å². The molecule has 0 spiro atoms. The third kappa shape index (κ3) is 2.81. The van der Waals surface area contributed by atoms with Gasteiger partial charge >= 0.3 is 0 Å². The summed E-state index contributed by atoms with van der Waals surface area (Å²) in [4.78, 5) is 10.9. The van der Waals surface area contributed by atoms with Crippen LogP contribution in [-0.4, -0.2) is 15.4 Å². The minimum absolute atomic E-state index is 0.158. The van der Waals surface area contributed by atoms with Crippen molar-refractivity contribution >= 4 is 44.8 Å². The zero-order chi connectivity index (χ0) is 15.5. The molecule has 0 aliphatic rings. The largest absolute Gasteiger partial charge is 0.341 e. The normalized spacial score (nSPS) is 11.7. The summed E-state index contributed by atoms with van der Waals surface area (Å²) < 4.78 is 2.35. The number of thioether (sulfide) groups is 1. The Morgan fingerprint density at radius 1 is 1.14 bits per heavy atom. The van der Waals surface area contributed by atoms with Gasteiger partial charge in [-0.2, -0.15) is 0 Å². The van der Waals surface area contributed by atoms with Crippen molar-refractivity contribution in [3.05, 3.63) is 54.1 Å². The summed E-state index contributed by atoms with van der Waals surface area (Å²) in [6, 6.07) is 15.1. The monoisotopic (exact) mass is 309 g/mol. The molecular formula is C19H19NOS. The van der Waals surface area contributed by atoms with Crippen molar-refractivity contribution in [3.8, 4) is 0 Å². The lowest BCUT2D eigenvalue weighted by Gasteiger charge is -2.02. The first-order valence-corrected chi connectivity index (χ1v) is 8.50. The standard InChI is InChI=1S/C19H19NOS/c1-3-20-18-9-5-4-8-16(18)17-13-15(10-11-19(17)20)7-6-12-22-14(2)21/h4-11,13H,3,12H2,1-2H3. The molecule has 2 aromatic carbocycles. The molecule has 0 amide bonds. The van der Waals surface area contributed by atoms with Crippen molar-refractivity contribution < 1.29 is 4.79 Å². The Labute approximate surface area is 134 Å². The fourth-order valence-electron chi connectivity index (χ4n) is 2.87. The smallest absolute Gasteiger partial charge is 0.186 e. The van der Waals surface area contributed by atoms with E-state index in [1.54, 1.807) is 6.92 Å². The topological polar surface area (TPSA) is 22.0 Å². The molecule has 3 rings (SSSR count). The zero-order valence-electron chi connectivity index (χ0n) is 12.9. The van der Waals surface area contributed by atoms with Crippen LogP contribution in [-0.2, 0) is 11.3 Å². The van der Waals surface area contributed by atoms with Gasteiger partial charge in [0.1, 0.15) is 0 Å². The Balaban J connectivity index is 2.02. The number of aromatic nitrogens is 1. The van der Waals surface area contributed by atoms with Crippen LogP contribution >= 0.6 is 11.8 Å². The SMILES string of the molecule is CCn1c2ccccc2c2cc(C=CCSC(C)=O)ccc21. The van der Waals surface area contributed by atoms with Crippen LogP contribution in [0.5, 0.6) is 0 Å². The van der Waals surface area contributed by atoms with Crippen LogP contribution in [0.2, 0.25) is 0 Å². The second-order valence-corrected chi connectivity index (χ2v) is 6.44. The molecule has 0 saturated heterocycles. The molecule has 3 heteroatoms. The van der Waals surface area contributed by atoms with E-state index in [1.165, 1.54) is 39.1 Å². The van der Waals surface area contributed by atoms with E-state index < -0.39 is 0 Å². The summed E-state index contributed by atoms with van der Waals surface area (Å²) in [5, 5.41) is 2.75. The van der Waals surface area contributed by atoms with Crippen molar-refractivity contribution in [2.75, 3.05) is 5.75 Å². The van der Waals surface area contributed by atoms with Gasteiger partial charge < -0.3 is 4.57 Å². The molecule has 112 valence electrons. The average Bonchev–Trinajstić information content (AvgIpc) is 2.84. The minimum Gasteiger partial charge on any atom is -0.341 e. The molecule has 0 N–H and O–H groups in total. The van der Waals surface area contributed by atoms with Gasteiger partial charge in [-0.15, -0.1) is 0 Å². The van der Waals surface area contributed by atoms with Crippen LogP contribution in [0.15, 0.2) is 48.5 Å². The number of para-hydroxylation sites is 1. The second-order valence-electron chi connectivity index (χ2n) is 5.24. The van der Waals surface area contributed by atoms with Gasteiger partial charge in [-0.3, -0.25) is 4.79 Å². The number of hydrogen-bond donors (Lipinski definition) is 0. The van der Waals surface area contributed by atoms with E-state index in [0.29, 0.717) is 0 Å². The van der Waals surface area contributed by atoms with E-state index in [1.807, 2.05) is 6.08 Å². The van der Waals surface area contributed by atoms with E-state index in [0.717, 1.165) is 12.3 Å². The molecule has 0 unspecified atom stereocenters. The molecular weight excluding hydrogens is 290 g/mol.